The summed E-state index contributed by atoms with van der Waals surface area (Å²) in [5.74, 6) is -1.16. The van der Waals surface area contributed by atoms with Gasteiger partial charge in [-0.05, 0) is 36.8 Å². The normalized spacial score (nSPS) is 11.2. The molecule has 2 rings (SSSR count). The molecule has 2 aromatic rings. The zero-order valence-electron chi connectivity index (χ0n) is 10.9. The molecular weight excluding hydrogens is 257 g/mol. The Kier molecular flexibility index (Phi) is 4.10. The van der Waals surface area contributed by atoms with Gasteiger partial charge in [-0.1, -0.05) is 24.3 Å². The minimum atomic E-state index is -0.585. The van der Waals surface area contributed by atoms with Crippen LogP contribution >= 0.6 is 0 Å². The van der Waals surface area contributed by atoms with E-state index in [1.165, 1.54) is 18.2 Å². The lowest BCUT2D eigenvalue weighted by Gasteiger charge is -2.04. The van der Waals surface area contributed by atoms with E-state index in [0.717, 1.165) is 5.56 Å². The summed E-state index contributed by atoms with van der Waals surface area (Å²) in [5.41, 5.74) is 9.96. The average molecular weight is 271 g/mol. The molecular formula is C15H14FN3O. The smallest absolute Gasteiger partial charge is 0.274 e. The second-order valence-electron chi connectivity index (χ2n) is 4.24. The third-order valence-electron chi connectivity index (χ3n) is 2.77. The van der Waals surface area contributed by atoms with Crippen molar-refractivity contribution >= 4 is 17.3 Å². The summed E-state index contributed by atoms with van der Waals surface area (Å²) in [5, 5.41) is 3.95. The molecule has 0 radical (unpaired) electrons. The number of nitrogens with zero attached hydrogens (tertiary/aromatic N) is 1. The number of nitrogens with one attached hydrogen (secondary N) is 1. The number of benzene rings is 2. The first-order valence-corrected chi connectivity index (χ1v) is 6.03. The lowest BCUT2D eigenvalue weighted by atomic mass is 10.1. The first-order chi connectivity index (χ1) is 9.58. The van der Waals surface area contributed by atoms with Gasteiger partial charge in [-0.25, -0.2) is 9.82 Å². The van der Waals surface area contributed by atoms with Crippen molar-refractivity contribution in [3.8, 4) is 0 Å². The minimum absolute atomic E-state index is 0.0404. The number of halogens is 1. The van der Waals surface area contributed by atoms with Crippen molar-refractivity contribution in [3.05, 3.63) is 65.5 Å². The number of nitrogen functional groups attached to an aromatic ring is 1. The number of carbonyl (C=O) groups excluding carboxylic acids is 1. The number of hydrogen-bond donors (Lipinski definition) is 2. The number of nitrogens with two attached hydrogens (primary N) is 1. The third kappa shape index (κ3) is 3.20. The SMILES string of the molecule is C/C(=N\NC(=O)c1ccccc1F)c1ccc(N)cc1. The highest BCUT2D eigenvalue weighted by Crippen LogP contribution is 2.08. The Morgan fingerprint density at radius 3 is 2.45 bits per heavy atom. The van der Waals surface area contributed by atoms with Gasteiger partial charge < -0.3 is 5.73 Å². The number of carbonyl (C=O) groups is 1. The highest BCUT2D eigenvalue weighted by molar-refractivity contribution is 6.01. The Hall–Kier alpha value is -2.69. The van der Waals surface area contributed by atoms with Gasteiger partial charge >= 0.3 is 0 Å². The zero-order valence-corrected chi connectivity index (χ0v) is 10.9. The topological polar surface area (TPSA) is 67.5 Å². The first kappa shape index (κ1) is 13.7. The van der Waals surface area contributed by atoms with Gasteiger partial charge in [-0.2, -0.15) is 5.10 Å². The molecule has 5 heteroatoms. The maximum absolute atomic E-state index is 13.4. The summed E-state index contributed by atoms with van der Waals surface area (Å²) in [6.07, 6.45) is 0. The zero-order chi connectivity index (χ0) is 14.5. The van der Waals surface area contributed by atoms with Crippen LogP contribution in [0.4, 0.5) is 10.1 Å². The average Bonchev–Trinajstić information content (AvgIpc) is 2.45. The van der Waals surface area contributed by atoms with Crippen molar-refractivity contribution in [1.29, 1.82) is 0 Å². The molecule has 0 unspecified atom stereocenters. The molecule has 0 saturated heterocycles. The van der Waals surface area contributed by atoms with E-state index >= 15 is 0 Å². The van der Waals surface area contributed by atoms with Crippen LogP contribution in [0.5, 0.6) is 0 Å². The number of anilines is 1. The fraction of sp³-hybridized carbons (Fsp3) is 0.0667. The van der Waals surface area contributed by atoms with Crippen LogP contribution in [0.25, 0.3) is 0 Å². The minimum Gasteiger partial charge on any atom is -0.399 e. The second kappa shape index (κ2) is 5.97. The van der Waals surface area contributed by atoms with Gasteiger partial charge in [0, 0.05) is 5.69 Å². The predicted octanol–water partition coefficient (Wildman–Crippen LogP) is 2.56. The first-order valence-electron chi connectivity index (χ1n) is 6.03. The number of rotatable bonds is 3. The Labute approximate surface area is 116 Å². The molecule has 0 aliphatic carbocycles. The molecule has 0 saturated carbocycles. The fourth-order valence-corrected chi connectivity index (χ4v) is 1.63. The lowest BCUT2D eigenvalue weighted by Crippen LogP contribution is -2.20. The van der Waals surface area contributed by atoms with Crippen LogP contribution in [0, 0.1) is 5.82 Å². The van der Waals surface area contributed by atoms with Crippen molar-refractivity contribution in [2.24, 2.45) is 5.10 Å². The largest absolute Gasteiger partial charge is 0.399 e. The van der Waals surface area contributed by atoms with Crippen LogP contribution in [0.1, 0.15) is 22.8 Å². The Morgan fingerprint density at radius 1 is 1.15 bits per heavy atom. The molecule has 0 spiro atoms. The quantitative estimate of drug-likeness (QED) is 0.512. The number of hydrogen-bond acceptors (Lipinski definition) is 3. The van der Waals surface area contributed by atoms with E-state index in [1.807, 2.05) is 0 Å². The van der Waals surface area contributed by atoms with E-state index < -0.39 is 11.7 Å². The molecule has 4 nitrogen and oxygen atoms in total. The van der Waals surface area contributed by atoms with E-state index in [0.29, 0.717) is 11.4 Å². The molecule has 0 aliphatic rings. The predicted molar refractivity (Wildman–Crippen MR) is 76.9 cm³/mol. The molecule has 20 heavy (non-hydrogen) atoms. The van der Waals surface area contributed by atoms with E-state index in [4.69, 9.17) is 5.73 Å². The molecule has 1 amide bonds. The summed E-state index contributed by atoms with van der Waals surface area (Å²) >= 11 is 0. The molecule has 0 aliphatic heterocycles. The molecule has 3 N–H and O–H groups in total. The molecule has 0 atom stereocenters. The number of amides is 1. The molecule has 2 aromatic carbocycles. The summed E-state index contributed by atoms with van der Waals surface area (Å²) in [6, 6.07) is 12.8. The summed E-state index contributed by atoms with van der Waals surface area (Å²) in [7, 11) is 0. The molecule has 0 heterocycles. The summed E-state index contributed by atoms with van der Waals surface area (Å²) in [4.78, 5) is 11.8. The highest BCUT2D eigenvalue weighted by atomic mass is 19.1. The van der Waals surface area contributed by atoms with Crippen molar-refractivity contribution in [1.82, 2.24) is 5.43 Å². The second-order valence-corrected chi connectivity index (χ2v) is 4.24. The lowest BCUT2D eigenvalue weighted by molar-refractivity contribution is 0.0951. The van der Waals surface area contributed by atoms with Crippen molar-refractivity contribution in [3.63, 3.8) is 0 Å². The van der Waals surface area contributed by atoms with Crippen molar-refractivity contribution < 1.29 is 9.18 Å². The van der Waals surface area contributed by atoms with E-state index in [1.54, 1.807) is 37.3 Å². The molecule has 0 aromatic heterocycles. The Morgan fingerprint density at radius 2 is 1.80 bits per heavy atom. The maximum Gasteiger partial charge on any atom is 0.274 e. The van der Waals surface area contributed by atoms with Crippen molar-refractivity contribution in [2.45, 2.75) is 6.92 Å². The van der Waals surface area contributed by atoms with Crippen molar-refractivity contribution in [2.75, 3.05) is 5.73 Å². The van der Waals surface area contributed by atoms with Crippen LogP contribution in [0.2, 0.25) is 0 Å². The van der Waals surface area contributed by atoms with Crippen LogP contribution in [-0.2, 0) is 0 Å². The molecule has 0 bridgehead atoms. The standard InChI is InChI=1S/C15H14FN3O/c1-10(11-6-8-12(17)9-7-11)18-19-15(20)13-4-2-3-5-14(13)16/h2-9H,17H2,1H3,(H,19,20)/b18-10+. The van der Waals surface area contributed by atoms with Gasteiger partial charge in [0.1, 0.15) is 5.82 Å². The Balaban J connectivity index is 2.11. The highest BCUT2D eigenvalue weighted by Gasteiger charge is 2.09. The molecule has 0 fully saturated rings. The van der Waals surface area contributed by atoms with Gasteiger partial charge in [-0.15, -0.1) is 0 Å². The fourth-order valence-electron chi connectivity index (χ4n) is 1.63. The molecule has 102 valence electrons. The monoisotopic (exact) mass is 271 g/mol. The summed E-state index contributed by atoms with van der Waals surface area (Å²) in [6.45, 7) is 1.74. The van der Waals surface area contributed by atoms with Crippen LogP contribution in [-0.4, -0.2) is 11.6 Å². The number of hydrazone groups is 1. The van der Waals surface area contributed by atoms with E-state index in [9.17, 15) is 9.18 Å². The Bertz CT molecular complexity index is 650. The van der Waals surface area contributed by atoms with Gasteiger partial charge in [0.25, 0.3) is 5.91 Å². The van der Waals surface area contributed by atoms with Crippen LogP contribution < -0.4 is 11.2 Å². The van der Waals surface area contributed by atoms with E-state index in [2.05, 4.69) is 10.5 Å². The summed E-state index contributed by atoms with van der Waals surface area (Å²) < 4.78 is 13.4. The van der Waals surface area contributed by atoms with Gasteiger partial charge in [-0.3, -0.25) is 4.79 Å². The van der Waals surface area contributed by atoms with Crippen LogP contribution in [0.3, 0.4) is 0 Å². The van der Waals surface area contributed by atoms with Crippen LogP contribution in [0.15, 0.2) is 53.6 Å². The van der Waals surface area contributed by atoms with E-state index in [-0.39, 0.29) is 5.56 Å². The van der Waals surface area contributed by atoms with Gasteiger partial charge in [0.15, 0.2) is 0 Å². The third-order valence-corrected chi connectivity index (χ3v) is 2.77. The maximum atomic E-state index is 13.4. The van der Waals surface area contributed by atoms with Gasteiger partial charge in [0.05, 0.1) is 11.3 Å². The van der Waals surface area contributed by atoms with Gasteiger partial charge in [0.2, 0.25) is 0 Å².